The van der Waals surface area contributed by atoms with E-state index in [1.54, 1.807) is 54.8 Å². The molecular weight excluding hydrogens is 551 g/mol. The molecule has 0 fully saturated rings. The summed E-state index contributed by atoms with van der Waals surface area (Å²) in [5, 5.41) is 9.95. The van der Waals surface area contributed by atoms with Crippen LogP contribution in [0.4, 0.5) is 18.0 Å². The van der Waals surface area contributed by atoms with Gasteiger partial charge in [-0.2, -0.15) is 0 Å². The monoisotopic (exact) mass is 573 g/mol. The maximum absolute atomic E-state index is 13.6. The van der Waals surface area contributed by atoms with Crippen LogP contribution in [0, 0.1) is 6.92 Å². The van der Waals surface area contributed by atoms with Gasteiger partial charge >= 0.3 is 12.5 Å². The Kier molecular flexibility index (Phi) is 6.91. The number of nitrogens with zero attached hydrogens (tertiary/aromatic N) is 1. The Balaban J connectivity index is 1.55. The number of aryl methyl sites for hydroxylation is 1. The van der Waals surface area contributed by atoms with Gasteiger partial charge in [0.15, 0.2) is 5.78 Å². The molecule has 1 aromatic heterocycles. The van der Waals surface area contributed by atoms with E-state index in [0.29, 0.717) is 51.3 Å². The molecule has 11 heteroatoms. The van der Waals surface area contributed by atoms with Crippen LogP contribution in [0.5, 0.6) is 11.5 Å². The van der Waals surface area contributed by atoms with Gasteiger partial charge in [0.05, 0.1) is 11.1 Å². The quantitative estimate of drug-likeness (QED) is 0.190. The molecule has 0 amide bonds. The Bertz CT molecular complexity index is 1630. The summed E-state index contributed by atoms with van der Waals surface area (Å²) in [4.78, 5) is 24.6. The fraction of sp³-hybridized carbons (Fsp3) is 0.241. The standard InChI is InChI=1S/C29H23ClF3NO6/c1-16-25(26(35)18-4-6-20(30)7-5-18)22-9-8-21(38-29(31,32)33)14-23(22)34(16)15-17-3-10-24-19(13-17)11-12-28(2,39-24)40-27(36)37/h3-10,13-14H,11-12,15H2,1-2H3,(H,36,37). The van der Waals surface area contributed by atoms with Crippen molar-refractivity contribution in [2.45, 2.75) is 45.4 Å². The smallest absolute Gasteiger partial charge is 0.452 e. The van der Waals surface area contributed by atoms with Crippen molar-refractivity contribution in [1.29, 1.82) is 0 Å². The second kappa shape index (κ2) is 10.1. The van der Waals surface area contributed by atoms with E-state index in [9.17, 15) is 22.8 Å². The minimum absolute atomic E-state index is 0.238. The summed E-state index contributed by atoms with van der Waals surface area (Å²) in [5.41, 5.74) is 3.34. The minimum atomic E-state index is -4.88. The van der Waals surface area contributed by atoms with Gasteiger partial charge < -0.3 is 23.9 Å². The highest BCUT2D eigenvalue weighted by Gasteiger charge is 2.36. The van der Waals surface area contributed by atoms with Gasteiger partial charge in [0, 0.05) is 47.6 Å². The largest absolute Gasteiger partial charge is 0.573 e. The van der Waals surface area contributed by atoms with Crippen LogP contribution in [0.1, 0.15) is 46.1 Å². The highest BCUT2D eigenvalue weighted by atomic mass is 35.5. The number of ether oxygens (including phenoxy) is 3. The molecule has 0 bridgehead atoms. The third-order valence-corrected chi connectivity index (χ3v) is 7.06. The first kappa shape index (κ1) is 27.4. The Labute approximate surface area is 231 Å². The van der Waals surface area contributed by atoms with Gasteiger partial charge in [-0.15, -0.1) is 13.2 Å². The molecule has 4 aromatic rings. The van der Waals surface area contributed by atoms with Crippen molar-refractivity contribution < 1.29 is 42.1 Å². The summed E-state index contributed by atoms with van der Waals surface area (Å²) >= 11 is 5.98. The molecule has 0 spiro atoms. The second-order valence-electron chi connectivity index (χ2n) is 9.66. The third kappa shape index (κ3) is 5.58. The van der Waals surface area contributed by atoms with Crippen LogP contribution in [0.15, 0.2) is 60.7 Å². The van der Waals surface area contributed by atoms with Gasteiger partial charge in [0.1, 0.15) is 11.5 Å². The van der Waals surface area contributed by atoms with Gasteiger partial charge in [-0.25, -0.2) is 4.79 Å². The van der Waals surface area contributed by atoms with E-state index in [2.05, 4.69) is 4.74 Å². The second-order valence-corrected chi connectivity index (χ2v) is 10.1. The van der Waals surface area contributed by atoms with Crippen LogP contribution in [0.3, 0.4) is 0 Å². The van der Waals surface area contributed by atoms with E-state index in [1.165, 1.54) is 18.2 Å². The predicted octanol–water partition coefficient (Wildman–Crippen LogP) is 7.52. The lowest BCUT2D eigenvalue weighted by molar-refractivity contribution is -0.274. The summed E-state index contributed by atoms with van der Waals surface area (Å²) in [6, 6.07) is 15.7. The van der Waals surface area contributed by atoms with Crippen LogP contribution in [0.2, 0.25) is 5.02 Å². The van der Waals surface area contributed by atoms with Crippen molar-refractivity contribution in [3.05, 3.63) is 93.6 Å². The molecule has 1 unspecified atom stereocenters. The van der Waals surface area contributed by atoms with E-state index in [1.807, 2.05) is 6.07 Å². The summed E-state index contributed by atoms with van der Waals surface area (Å²) in [6.45, 7) is 3.53. The fourth-order valence-electron chi connectivity index (χ4n) is 5.00. The van der Waals surface area contributed by atoms with Gasteiger partial charge in [-0.05, 0) is 66.9 Å². The Morgan fingerprint density at radius 2 is 1.82 bits per heavy atom. The highest BCUT2D eigenvalue weighted by Crippen LogP contribution is 2.37. The molecule has 1 atom stereocenters. The number of hydrogen-bond acceptors (Lipinski definition) is 5. The molecule has 208 valence electrons. The molecule has 7 nitrogen and oxygen atoms in total. The molecule has 0 radical (unpaired) electrons. The average Bonchev–Trinajstić information content (AvgIpc) is 3.13. The predicted molar refractivity (Wildman–Crippen MR) is 140 cm³/mol. The lowest BCUT2D eigenvalue weighted by Gasteiger charge is -2.34. The van der Waals surface area contributed by atoms with E-state index < -0.39 is 24.1 Å². The van der Waals surface area contributed by atoms with E-state index in [0.717, 1.165) is 11.1 Å². The SMILES string of the molecule is Cc1c(C(=O)c2ccc(Cl)cc2)c2ccc(OC(F)(F)F)cc2n1Cc1ccc2c(c1)CCC(C)(OC(=O)O)O2. The zero-order valence-corrected chi connectivity index (χ0v) is 22.1. The first-order chi connectivity index (χ1) is 18.8. The summed E-state index contributed by atoms with van der Waals surface area (Å²) in [6.07, 6.45) is -5.52. The van der Waals surface area contributed by atoms with Gasteiger partial charge in [-0.3, -0.25) is 4.79 Å². The van der Waals surface area contributed by atoms with Crippen molar-refractivity contribution in [2.24, 2.45) is 0 Å². The molecule has 1 aliphatic heterocycles. The molecule has 1 aliphatic rings. The number of benzene rings is 3. The summed E-state index contributed by atoms with van der Waals surface area (Å²) in [7, 11) is 0. The highest BCUT2D eigenvalue weighted by molar-refractivity contribution is 6.30. The van der Waals surface area contributed by atoms with Crippen molar-refractivity contribution in [1.82, 2.24) is 4.57 Å². The summed E-state index contributed by atoms with van der Waals surface area (Å²) < 4.78 is 55.6. The van der Waals surface area contributed by atoms with Gasteiger partial charge in [-0.1, -0.05) is 23.7 Å². The molecule has 0 aliphatic carbocycles. The minimum Gasteiger partial charge on any atom is -0.452 e. The lowest BCUT2D eigenvalue weighted by atomic mass is 9.98. The normalized spacial score (nSPS) is 16.8. The van der Waals surface area contributed by atoms with Gasteiger partial charge in [0.2, 0.25) is 0 Å². The molecule has 2 heterocycles. The lowest BCUT2D eigenvalue weighted by Crippen LogP contribution is -2.40. The molecule has 3 aromatic carbocycles. The van der Waals surface area contributed by atoms with E-state index in [4.69, 9.17) is 26.2 Å². The maximum atomic E-state index is 13.6. The number of carbonyl (C=O) groups excluding carboxylic acids is 1. The molecular formula is C29H23ClF3NO6. The van der Waals surface area contributed by atoms with Crippen molar-refractivity contribution >= 4 is 34.4 Å². The number of halogens is 4. The van der Waals surface area contributed by atoms with Crippen molar-refractivity contribution in [2.75, 3.05) is 0 Å². The van der Waals surface area contributed by atoms with Crippen LogP contribution in [-0.4, -0.2) is 33.8 Å². The maximum Gasteiger partial charge on any atom is 0.573 e. The van der Waals surface area contributed by atoms with Crippen LogP contribution < -0.4 is 9.47 Å². The fourth-order valence-corrected chi connectivity index (χ4v) is 5.13. The number of hydrogen-bond donors (Lipinski definition) is 1. The first-order valence-electron chi connectivity index (χ1n) is 12.2. The number of carboxylic acid groups (broad SMARTS) is 1. The summed E-state index contributed by atoms with van der Waals surface area (Å²) in [5.74, 6) is -1.52. The van der Waals surface area contributed by atoms with E-state index >= 15 is 0 Å². The first-order valence-corrected chi connectivity index (χ1v) is 12.6. The van der Waals surface area contributed by atoms with Gasteiger partial charge in [0.25, 0.3) is 5.79 Å². The molecule has 40 heavy (non-hydrogen) atoms. The number of alkyl halides is 3. The number of carbonyl (C=O) groups is 2. The van der Waals surface area contributed by atoms with Crippen molar-refractivity contribution in [3.63, 3.8) is 0 Å². The number of rotatable bonds is 6. The molecule has 0 saturated heterocycles. The van der Waals surface area contributed by atoms with Crippen LogP contribution in [0.25, 0.3) is 10.9 Å². The number of aromatic nitrogens is 1. The Morgan fingerprint density at radius 3 is 2.50 bits per heavy atom. The topological polar surface area (TPSA) is 87.0 Å². The van der Waals surface area contributed by atoms with Crippen LogP contribution >= 0.6 is 11.6 Å². The number of ketones is 1. The van der Waals surface area contributed by atoms with Crippen LogP contribution in [-0.2, 0) is 17.7 Å². The Morgan fingerprint density at radius 1 is 1.10 bits per heavy atom. The van der Waals surface area contributed by atoms with Crippen molar-refractivity contribution in [3.8, 4) is 11.5 Å². The number of fused-ring (bicyclic) bond motifs is 2. The zero-order valence-electron chi connectivity index (χ0n) is 21.3. The van der Waals surface area contributed by atoms with E-state index in [-0.39, 0.29) is 12.3 Å². The zero-order chi connectivity index (χ0) is 28.8. The molecule has 1 N–H and O–H groups in total. The Hall–Kier alpha value is -4.18. The molecule has 0 saturated carbocycles. The third-order valence-electron chi connectivity index (χ3n) is 6.81. The average molecular weight is 574 g/mol. The molecule has 5 rings (SSSR count).